The number of carbonyl (C=O) groups excluding carboxylic acids is 1. The summed E-state index contributed by atoms with van der Waals surface area (Å²) in [6, 6.07) is 5.80. The lowest BCUT2D eigenvalue weighted by molar-refractivity contribution is 0.0949. The van der Waals surface area contributed by atoms with Crippen LogP contribution in [-0.2, 0) is 0 Å². The predicted molar refractivity (Wildman–Crippen MR) is 78.4 cm³/mol. The highest BCUT2D eigenvalue weighted by Gasteiger charge is 2.37. The molecule has 92 valence electrons. The van der Waals surface area contributed by atoms with Gasteiger partial charge in [-0.2, -0.15) is 0 Å². The smallest absolute Gasteiger partial charge is 0.251 e. The molecular weight excluding hydrogens is 349 g/mol. The van der Waals surface area contributed by atoms with E-state index in [0.29, 0.717) is 22.5 Å². The molecule has 1 aromatic carbocycles. The molecule has 2 unspecified atom stereocenters. The third kappa shape index (κ3) is 3.35. The summed E-state index contributed by atoms with van der Waals surface area (Å²) in [5, 5.41) is 3.69. The Hall–Kier alpha value is -0.290. The van der Waals surface area contributed by atoms with Crippen molar-refractivity contribution in [1.82, 2.24) is 5.32 Å². The van der Waals surface area contributed by atoms with E-state index in [4.69, 9.17) is 11.6 Å². The lowest BCUT2D eigenvalue weighted by atomic mass is 10.2. The van der Waals surface area contributed by atoms with Gasteiger partial charge in [0.25, 0.3) is 5.91 Å². The second-order valence-corrected chi connectivity index (χ2v) is 6.06. The lowest BCUT2D eigenvalue weighted by Crippen LogP contribution is -2.26. The van der Waals surface area contributed by atoms with E-state index < -0.39 is 0 Å². The van der Waals surface area contributed by atoms with Crippen molar-refractivity contribution in [1.29, 1.82) is 0 Å². The fourth-order valence-electron chi connectivity index (χ4n) is 2.00. The Morgan fingerprint density at radius 1 is 1.59 bits per heavy atom. The maximum absolute atomic E-state index is 11.9. The van der Waals surface area contributed by atoms with Gasteiger partial charge in [-0.3, -0.25) is 4.79 Å². The summed E-state index contributed by atoms with van der Waals surface area (Å²) in [6.45, 7) is 2.18. The van der Waals surface area contributed by atoms with Crippen LogP contribution in [0.3, 0.4) is 0 Å². The minimum atomic E-state index is -0.00750. The summed E-state index contributed by atoms with van der Waals surface area (Å²) in [6.07, 6.45) is 3.52. The van der Waals surface area contributed by atoms with Crippen LogP contribution in [0.15, 0.2) is 18.2 Å². The SMILES string of the molecule is CCCC1CC1NC(=O)c1ccc(I)c(Cl)c1. The number of nitrogens with one attached hydrogen (secondary N) is 1. The highest BCUT2D eigenvalue weighted by molar-refractivity contribution is 14.1. The van der Waals surface area contributed by atoms with E-state index in [1.807, 2.05) is 12.1 Å². The Labute approximate surface area is 120 Å². The summed E-state index contributed by atoms with van der Waals surface area (Å²) in [7, 11) is 0. The molecule has 0 aliphatic heterocycles. The normalized spacial score (nSPS) is 22.3. The quantitative estimate of drug-likeness (QED) is 0.809. The van der Waals surface area contributed by atoms with Crippen LogP contribution in [-0.4, -0.2) is 11.9 Å². The second-order valence-electron chi connectivity index (χ2n) is 4.49. The summed E-state index contributed by atoms with van der Waals surface area (Å²) in [5.41, 5.74) is 0.651. The van der Waals surface area contributed by atoms with E-state index in [1.54, 1.807) is 6.07 Å². The molecule has 2 rings (SSSR count). The van der Waals surface area contributed by atoms with E-state index in [1.165, 1.54) is 12.8 Å². The number of hydrogen-bond donors (Lipinski definition) is 1. The molecule has 2 atom stereocenters. The maximum atomic E-state index is 11.9. The van der Waals surface area contributed by atoms with E-state index in [2.05, 4.69) is 34.8 Å². The van der Waals surface area contributed by atoms with Gasteiger partial charge < -0.3 is 5.32 Å². The Kier molecular flexibility index (Phi) is 4.31. The molecule has 0 radical (unpaired) electrons. The summed E-state index contributed by atoms with van der Waals surface area (Å²) in [4.78, 5) is 11.9. The molecule has 4 heteroatoms. The van der Waals surface area contributed by atoms with Crippen molar-refractivity contribution in [3.63, 3.8) is 0 Å². The summed E-state index contributed by atoms with van der Waals surface area (Å²) < 4.78 is 0.969. The number of amides is 1. The number of carbonyl (C=O) groups is 1. The van der Waals surface area contributed by atoms with Gasteiger partial charge in [0.2, 0.25) is 0 Å². The summed E-state index contributed by atoms with van der Waals surface area (Å²) in [5.74, 6) is 0.676. The van der Waals surface area contributed by atoms with Crippen LogP contribution in [0.1, 0.15) is 36.5 Å². The molecule has 1 aliphatic rings. The monoisotopic (exact) mass is 363 g/mol. The minimum Gasteiger partial charge on any atom is -0.349 e. The third-order valence-electron chi connectivity index (χ3n) is 3.08. The molecule has 0 bridgehead atoms. The molecule has 1 fully saturated rings. The molecule has 2 nitrogen and oxygen atoms in total. The third-order valence-corrected chi connectivity index (χ3v) is 4.65. The minimum absolute atomic E-state index is 0.00750. The van der Waals surface area contributed by atoms with Crippen LogP contribution in [0.5, 0.6) is 0 Å². The highest BCUT2D eigenvalue weighted by Crippen LogP contribution is 2.34. The van der Waals surface area contributed by atoms with E-state index in [0.717, 1.165) is 9.99 Å². The van der Waals surface area contributed by atoms with Gasteiger partial charge in [-0.15, -0.1) is 0 Å². The van der Waals surface area contributed by atoms with Crippen molar-refractivity contribution >= 4 is 40.1 Å². The maximum Gasteiger partial charge on any atom is 0.251 e. The average molecular weight is 364 g/mol. The number of halogens is 2. The molecule has 0 heterocycles. The van der Waals surface area contributed by atoms with E-state index >= 15 is 0 Å². The van der Waals surface area contributed by atoms with Gasteiger partial charge in [-0.25, -0.2) is 0 Å². The molecule has 17 heavy (non-hydrogen) atoms. The number of benzene rings is 1. The summed E-state index contributed by atoms with van der Waals surface area (Å²) >= 11 is 8.15. The first-order valence-corrected chi connectivity index (χ1v) is 7.33. The van der Waals surface area contributed by atoms with Crippen molar-refractivity contribution in [2.24, 2.45) is 5.92 Å². The first-order chi connectivity index (χ1) is 8.11. The van der Waals surface area contributed by atoms with Crippen molar-refractivity contribution in [2.45, 2.75) is 32.2 Å². The van der Waals surface area contributed by atoms with Crippen LogP contribution >= 0.6 is 34.2 Å². The Bertz CT molecular complexity index is 435. The van der Waals surface area contributed by atoms with Gasteiger partial charge in [-0.1, -0.05) is 24.9 Å². The molecular formula is C13H15ClINO. The average Bonchev–Trinajstić information content (AvgIpc) is 3.01. The van der Waals surface area contributed by atoms with Gasteiger partial charge in [0.1, 0.15) is 0 Å². The molecule has 0 saturated heterocycles. The molecule has 1 amide bonds. The molecule has 1 saturated carbocycles. The highest BCUT2D eigenvalue weighted by atomic mass is 127. The molecule has 1 aromatic rings. The molecule has 1 N–H and O–H groups in total. The van der Waals surface area contributed by atoms with E-state index in [-0.39, 0.29) is 5.91 Å². The van der Waals surface area contributed by atoms with E-state index in [9.17, 15) is 4.79 Å². The van der Waals surface area contributed by atoms with Crippen molar-refractivity contribution < 1.29 is 4.79 Å². The zero-order chi connectivity index (χ0) is 12.4. The fourth-order valence-corrected chi connectivity index (χ4v) is 2.52. The predicted octanol–water partition coefficient (Wildman–Crippen LogP) is 3.86. The first kappa shape index (κ1) is 13.1. The Balaban J connectivity index is 1.94. The van der Waals surface area contributed by atoms with Crippen LogP contribution in [0.4, 0.5) is 0 Å². The van der Waals surface area contributed by atoms with Crippen molar-refractivity contribution in [3.8, 4) is 0 Å². The van der Waals surface area contributed by atoms with Gasteiger partial charge in [0, 0.05) is 15.2 Å². The Morgan fingerprint density at radius 3 is 3.00 bits per heavy atom. The Morgan fingerprint density at radius 2 is 2.35 bits per heavy atom. The van der Waals surface area contributed by atoms with Crippen LogP contribution in [0.2, 0.25) is 5.02 Å². The fraction of sp³-hybridized carbons (Fsp3) is 0.462. The molecule has 0 spiro atoms. The standard InChI is InChI=1S/C13H15ClINO/c1-2-3-8-7-12(8)16-13(17)9-4-5-11(15)10(14)6-9/h4-6,8,12H,2-3,7H2,1H3,(H,16,17). The zero-order valence-corrected chi connectivity index (χ0v) is 12.6. The molecule has 0 aromatic heterocycles. The van der Waals surface area contributed by atoms with Gasteiger partial charge in [-0.05, 0) is 59.5 Å². The van der Waals surface area contributed by atoms with Gasteiger partial charge >= 0.3 is 0 Å². The van der Waals surface area contributed by atoms with Gasteiger partial charge in [0.05, 0.1) is 5.02 Å². The zero-order valence-electron chi connectivity index (χ0n) is 9.67. The van der Waals surface area contributed by atoms with Crippen molar-refractivity contribution in [3.05, 3.63) is 32.4 Å². The largest absolute Gasteiger partial charge is 0.349 e. The van der Waals surface area contributed by atoms with Crippen LogP contribution < -0.4 is 5.32 Å². The van der Waals surface area contributed by atoms with Crippen molar-refractivity contribution in [2.75, 3.05) is 0 Å². The second kappa shape index (κ2) is 5.57. The number of rotatable bonds is 4. The lowest BCUT2D eigenvalue weighted by Gasteiger charge is -2.05. The van der Waals surface area contributed by atoms with Gasteiger partial charge in [0.15, 0.2) is 0 Å². The van der Waals surface area contributed by atoms with Crippen LogP contribution in [0, 0.1) is 9.49 Å². The number of hydrogen-bond acceptors (Lipinski definition) is 1. The topological polar surface area (TPSA) is 29.1 Å². The first-order valence-electron chi connectivity index (χ1n) is 5.87. The molecule has 1 aliphatic carbocycles. The van der Waals surface area contributed by atoms with Crippen LogP contribution in [0.25, 0.3) is 0 Å².